The number of nitrogens with zero attached hydrogens (tertiary/aromatic N) is 1. The van der Waals surface area contributed by atoms with Gasteiger partial charge in [0.15, 0.2) is 0 Å². The van der Waals surface area contributed by atoms with Gasteiger partial charge in [-0.3, -0.25) is 19.8 Å². The molecular weight excluding hydrogens is 438 g/mol. The van der Waals surface area contributed by atoms with Crippen molar-refractivity contribution >= 4 is 50.9 Å². The van der Waals surface area contributed by atoms with Crippen LogP contribution < -0.4 is 10.7 Å². The van der Waals surface area contributed by atoms with Crippen LogP contribution in [-0.4, -0.2) is 33.2 Å². The van der Waals surface area contributed by atoms with E-state index in [2.05, 4.69) is 26.7 Å². The maximum atomic E-state index is 12.5. The lowest BCUT2D eigenvalue weighted by Crippen LogP contribution is -2.63. The monoisotopic (exact) mass is 451 g/mol. The van der Waals surface area contributed by atoms with Gasteiger partial charge in [-0.2, -0.15) is 0 Å². The first kappa shape index (κ1) is 19.2. The van der Waals surface area contributed by atoms with Crippen molar-refractivity contribution in [2.24, 2.45) is 0 Å². The summed E-state index contributed by atoms with van der Waals surface area (Å²) in [6.07, 6.45) is 0. The number of phenols is 1. The maximum Gasteiger partial charge on any atom is 0.269 e. The number of carbonyl (C=O) groups is 3. The zero-order chi connectivity index (χ0) is 19.7. The van der Waals surface area contributed by atoms with Crippen LogP contribution in [-0.2, 0) is 9.59 Å². The molecule has 1 aliphatic heterocycles. The smallest absolute Gasteiger partial charge is 0.269 e. The van der Waals surface area contributed by atoms with Gasteiger partial charge >= 0.3 is 0 Å². The number of hydrogen-bond donors (Lipinski definition) is 3. The van der Waals surface area contributed by atoms with Crippen LogP contribution in [0.25, 0.3) is 0 Å². The van der Waals surface area contributed by atoms with Crippen LogP contribution in [0.3, 0.4) is 0 Å². The molecule has 7 nitrogen and oxygen atoms in total. The largest absolute Gasteiger partial charge is 0.508 e. The van der Waals surface area contributed by atoms with Gasteiger partial charge < -0.3 is 10.4 Å². The van der Waals surface area contributed by atoms with Crippen molar-refractivity contribution in [3.63, 3.8) is 0 Å². The number of β-lactam (4-membered cyclic amide) rings is 1. The topological polar surface area (TPSA) is 98.7 Å². The van der Waals surface area contributed by atoms with E-state index in [1.165, 1.54) is 25.1 Å². The van der Waals surface area contributed by atoms with Crippen LogP contribution in [0.1, 0.15) is 28.9 Å². The van der Waals surface area contributed by atoms with E-state index < -0.39 is 23.2 Å². The van der Waals surface area contributed by atoms with Gasteiger partial charge in [0.05, 0.1) is 0 Å². The molecule has 1 heterocycles. The van der Waals surface area contributed by atoms with E-state index in [-0.39, 0.29) is 11.7 Å². The fraction of sp³-hybridized carbons (Fsp3) is 0.167. The van der Waals surface area contributed by atoms with Crippen LogP contribution in [0.5, 0.6) is 5.75 Å². The molecule has 3 amide bonds. The summed E-state index contributed by atoms with van der Waals surface area (Å²) in [4.78, 5) is 35.6. The van der Waals surface area contributed by atoms with E-state index in [1.54, 1.807) is 24.3 Å². The molecule has 27 heavy (non-hydrogen) atoms. The summed E-state index contributed by atoms with van der Waals surface area (Å²) in [6, 6.07) is 10.3. The number of halogens is 2. The zero-order valence-corrected chi connectivity index (χ0v) is 16.4. The van der Waals surface area contributed by atoms with Crippen molar-refractivity contribution in [1.82, 2.24) is 10.4 Å². The Bertz CT molecular complexity index is 919. The Morgan fingerprint density at radius 2 is 1.85 bits per heavy atom. The molecule has 0 bridgehead atoms. The Morgan fingerprint density at radius 3 is 2.48 bits per heavy atom. The zero-order valence-electron chi connectivity index (χ0n) is 14.1. The average molecular weight is 453 g/mol. The van der Waals surface area contributed by atoms with E-state index in [9.17, 15) is 19.5 Å². The second-order valence-corrected chi connectivity index (χ2v) is 7.34. The normalized spacial score (nSPS) is 18.6. The van der Waals surface area contributed by atoms with Gasteiger partial charge in [0, 0.05) is 28.2 Å². The molecule has 140 valence electrons. The Kier molecular flexibility index (Phi) is 5.38. The number of amides is 3. The van der Waals surface area contributed by atoms with Crippen molar-refractivity contribution in [3.8, 4) is 5.75 Å². The highest BCUT2D eigenvalue weighted by Gasteiger charge is 2.49. The Hall–Kier alpha value is -2.58. The van der Waals surface area contributed by atoms with Crippen LogP contribution in [0.2, 0.25) is 0 Å². The lowest BCUT2D eigenvalue weighted by Gasteiger charge is -2.44. The summed E-state index contributed by atoms with van der Waals surface area (Å²) in [7, 11) is 0. The number of hydrazine groups is 1. The standard InChI is InChI=1S/C18H15BrClN3O4/c1-9(24)21-12-5-2-10(3-6-12)17(26)22-23-16(15(20)18(23)27)13-8-11(19)4-7-14(13)25/h2-8,15-16,25H,1H3,(H,21,24)(H,22,26)/t15-,16-/m1/s1. The molecule has 0 aromatic heterocycles. The molecular formula is C18H15BrClN3O4. The number of anilines is 1. The van der Waals surface area contributed by atoms with Gasteiger partial charge in [0.25, 0.3) is 11.8 Å². The number of phenolic OH excluding ortho intramolecular Hbond substituents is 1. The van der Waals surface area contributed by atoms with E-state index in [0.29, 0.717) is 21.3 Å². The Balaban J connectivity index is 1.77. The quantitative estimate of drug-likeness (QED) is 0.491. The summed E-state index contributed by atoms with van der Waals surface area (Å²) in [5, 5.41) is 12.9. The average Bonchev–Trinajstić information content (AvgIpc) is 2.63. The van der Waals surface area contributed by atoms with Crippen LogP contribution >= 0.6 is 27.5 Å². The lowest BCUT2D eigenvalue weighted by molar-refractivity contribution is -0.149. The molecule has 9 heteroatoms. The summed E-state index contributed by atoms with van der Waals surface area (Å²) in [5.74, 6) is -1.23. The van der Waals surface area contributed by atoms with Gasteiger partial charge in [-0.25, -0.2) is 5.01 Å². The molecule has 1 aliphatic rings. The lowest BCUT2D eigenvalue weighted by atomic mass is 9.94. The van der Waals surface area contributed by atoms with Gasteiger partial charge in [0.1, 0.15) is 17.2 Å². The number of aromatic hydroxyl groups is 1. The fourth-order valence-corrected chi connectivity index (χ4v) is 3.45. The summed E-state index contributed by atoms with van der Waals surface area (Å²) < 4.78 is 0.707. The third kappa shape index (κ3) is 3.91. The molecule has 0 saturated carbocycles. The predicted octanol–water partition coefficient (Wildman–Crippen LogP) is 2.95. The Labute approximate surface area is 168 Å². The molecule has 3 rings (SSSR count). The minimum absolute atomic E-state index is 0.0275. The molecule has 0 radical (unpaired) electrons. The Morgan fingerprint density at radius 1 is 1.19 bits per heavy atom. The number of rotatable bonds is 4. The molecule has 0 aliphatic carbocycles. The number of alkyl halides is 1. The first-order chi connectivity index (χ1) is 12.8. The van der Waals surface area contributed by atoms with E-state index in [1.807, 2.05) is 0 Å². The highest BCUT2D eigenvalue weighted by atomic mass is 79.9. The number of hydrogen-bond acceptors (Lipinski definition) is 4. The molecule has 2 atom stereocenters. The second kappa shape index (κ2) is 7.58. The van der Waals surface area contributed by atoms with E-state index >= 15 is 0 Å². The molecule has 3 N–H and O–H groups in total. The van der Waals surface area contributed by atoms with E-state index in [0.717, 1.165) is 5.01 Å². The predicted molar refractivity (Wildman–Crippen MR) is 103 cm³/mol. The van der Waals surface area contributed by atoms with Crippen LogP contribution in [0, 0.1) is 0 Å². The van der Waals surface area contributed by atoms with Gasteiger partial charge in [-0.15, -0.1) is 11.6 Å². The summed E-state index contributed by atoms with van der Waals surface area (Å²) >= 11 is 9.42. The third-order valence-corrected chi connectivity index (χ3v) is 4.95. The van der Waals surface area contributed by atoms with Crippen molar-refractivity contribution < 1.29 is 19.5 Å². The highest BCUT2D eigenvalue weighted by molar-refractivity contribution is 9.10. The van der Waals surface area contributed by atoms with Crippen LogP contribution in [0.4, 0.5) is 5.69 Å². The fourth-order valence-electron chi connectivity index (χ4n) is 2.72. The number of carbonyl (C=O) groups excluding carboxylic acids is 3. The highest BCUT2D eigenvalue weighted by Crippen LogP contribution is 2.41. The maximum absolute atomic E-state index is 12.5. The van der Waals surface area contributed by atoms with Gasteiger partial charge in [-0.1, -0.05) is 15.9 Å². The minimum atomic E-state index is -0.896. The third-order valence-electron chi connectivity index (χ3n) is 4.03. The summed E-state index contributed by atoms with van der Waals surface area (Å²) in [6.45, 7) is 1.39. The molecule has 2 aromatic rings. The SMILES string of the molecule is CC(=O)Nc1ccc(C(=O)NN2C(=O)[C@H](Cl)[C@H]2c2cc(Br)ccc2O)cc1. The first-order valence-corrected chi connectivity index (χ1v) is 9.15. The van der Waals surface area contributed by atoms with Crippen LogP contribution in [0.15, 0.2) is 46.9 Å². The van der Waals surface area contributed by atoms with Crippen molar-refractivity contribution in [2.45, 2.75) is 18.3 Å². The minimum Gasteiger partial charge on any atom is -0.508 e. The van der Waals surface area contributed by atoms with Gasteiger partial charge in [0.2, 0.25) is 5.91 Å². The first-order valence-electron chi connectivity index (χ1n) is 7.92. The van der Waals surface area contributed by atoms with Crippen molar-refractivity contribution in [2.75, 3.05) is 5.32 Å². The second-order valence-electron chi connectivity index (χ2n) is 5.96. The van der Waals surface area contributed by atoms with Crippen molar-refractivity contribution in [1.29, 1.82) is 0 Å². The molecule has 0 spiro atoms. The number of benzene rings is 2. The summed E-state index contributed by atoms with van der Waals surface area (Å²) in [5.41, 5.74) is 3.79. The number of nitrogens with one attached hydrogen (secondary N) is 2. The molecule has 1 saturated heterocycles. The molecule has 2 aromatic carbocycles. The molecule has 1 fully saturated rings. The van der Waals surface area contributed by atoms with Gasteiger partial charge in [-0.05, 0) is 42.5 Å². The molecule has 0 unspecified atom stereocenters. The van der Waals surface area contributed by atoms with Crippen molar-refractivity contribution in [3.05, 3.63) is 58.1 Å². The van der Waals surface area contributed by atoms with E-state index in [4.69, 9.17) is 11.6 Å².